The molecule has 2 nitrogen and oxygen atoms in total. The van der Waals surface area contributed by atoms with Crippen molar-refractivity contribution in [2.45, 2.75) is 44.8 Å². The van der Waals surface area contributed by atoms with Crippen LogP contribution in [0.1, 0.15) is 38.2 Å². The van der Waals surface area contributed by atoms with E-state index in [4.69, 9.17) is 4.74 Å². The van der Waals surface area contributed by atoms with Gasteiger partial charge in [0.2, 0.25) is 0 Å². The first-order chi connectivity index (χ1) is 8.65. The number of rotatable bonds is 6. The van der Waals surface area contributed by atoms with Crippen LogP contribution in [0.2, 0.25) is 0 Å². The molecule has 1 aromatic carbocycles. The number of hydrogen-bond acceptors (Lipinski definition) is 2. The van der Waals surface area contributed by atoms with Crippen LogP contribution < -0.4 is 5.32 Å². The molecule has 0 aliphatic heterocycles. The van der Waals surface area contributed by atoms with Crippen LogP contribution in [0.15, 0.2) is 24.3 Å². The second-order valence-electron chi connectivity index (χ2n) is 5.29. The third-order valence-electron chi connectivity index (χ3n) is 3.44. The zero-order chi connectivity index (χ0) is 13.0. The van der Waals surface area contributed by atoms with E-state index in [9.17, 15) is 4.39 Å². The number of hydrogen-bond donors (Lipinski definition) is 1. The summed E-state index contributed by atoms with van der Waals surface area (Å²) in [5.41, 5.74) is 1.13. The van der Waals surface area contributed by atoms with E-state index in [0.717, 1.165) is 31.6 Å². The van der Waals surface area contributed by atoms with Crippen LogP contribution >= 0.6 is 0 Å². The van der Waals surface area contributed by atoms with E-state index in [2.05, 4.69) is 5.32 Å². The highest BCUT2D eigenvalue weighted by Crippen LogP contribution is 2.36. The Kier molecular flexibility index (Phi) is 4.72. The first-order valence-electron chi connectivity index (χ1n) is 6.75. The van der Waals surface area contributed by atoms with Crippen molar-refractivity contribution in [2.24, 2.45) is 0 Å². The molecule has 18 heavy (non-hydrogen) atoms. The molecule has 0 amide bonds. The van der Waals surface area contributed by atoms with Crippen LogP contribution in [0.4, 0.5) is 4.39 Å². The summed E-state index contributed by atoms with van der Waals surface area (Å²) in [6.45, 7) is 5.75. The molecule has 1 aliphatic rings. The highest BCUT2D eigenvalue weighted by Gasteiger charge is 2.29. The highest BCUT2D eigenvalue weighted by atomic mass is 19.1. The van der Waals surface area contributed by atoms with Crippen LogP contribution in [-0.2, 0) is 4.74 Å². The molecule has 0 radical (unpaired) electrons. The van der Waals surface area contributed by atoms with Gasteiger partial charge in [-0.2, -0.15) is 0 Å². The van der Waals surface area contributed by atoms with E-state index in [-0.39, 0.29) is 5.82 Å². The molecule has 1 fully saturated rings. The maximum absolute atomic E-state index is 13.1. The molecule has 100 valence electrons. The van der Waals surface area contributed by atoms with Crippen molar-refractivity contribution in [1.82, 2.24) is 5.32 Å². The first-order valence-corrected chi connectivity index (χ1v) is 6.75. The van der Waals surface area contributed by atoms with Gasteiger partial charge in [-0.15, -0.1) is 0 Å². The molecular weight excluding hydrogens is 229 g/mol. The summed E-state index contributed by atoms with van der Waals surface area (Å²) in [4.78, 5) is 0. The average molecular weight is 251 g/mol. The molecule has 2 rings (SSSR count). The van der Waals surface area contributed by atoms with Gasteiger partial charge in [0, 0.05) is 12.6 Å². The molecular formula is C15H22FNO. The predicted octanol–water partition coefficient (Wildman–Crippen LogP) is 3.09. The fourth-order valence-electron chi connectivity index (χ4n) is 2.37. The minimum Gasteiger partial charge on any atom is -0.377 e. The normalized spacial score (nSPS) is 23.1. The van der Waals surface area contributed by atoms with Crippen LogP contribution in [0.3, 0.4) is 0 Å². The third-order valence-corrected chi connectivity index (χ3v) is 3.44. The Morgan fingerprint density at radius 3 is 2.83 bits per heavy atom. The summed E-state index contributed by atoms with van der Waals surface area (Å²) in [7, 11) is 0. The Balaban J connectivity index is 1.65. The number of halogens is 1. The van der Waals surface area contributed by atoms with Gasteiger partial charge in [0.25, 0.3) is 0 Å². The zero-order valence-electron chi connectivity index (χ0n) is 11.2. The first kappa shape index (κ1) is 13.5. The minimum atomic E-state index is -0.130. The fraction of sp³-hybridized carbons (Fsp3) is 0.600. The van der Waals surface area contributed by atoms with Gasteiger partial charge >= 0.3 is 0 Å². The van der Waals surface area contributed by atoms with Gasteiger partial charge in [0.15, 0.2) is 0 Å². The molecule has 0 saturated heterocycles. The van der Waals surface area contributed by atoms with Gasteiger partial charge in [-0.3, -0.25) is 0 Å². The summed E-state index contributed by atoms with van der Waals surface area (Å²) in [5, 5.41) is 3.47. The Morgan fingerprint density at radius 2 is 2.17 bits per heavy atom. The topological polar surface area (TPSA) is 21.3 Å². The van der Waals surface area contributed by atoms with Crippen LogP contribution in [0.25, 0.3) is 0 Å². The van der Waals surface area contributed by atoms with E-state index in [0.29, 0.717) is 18.1 Å². The molecule has 0 unspecified atom stereocenters. The molecule has 0 spiro atoms. The van der Waals surface area contributed by atoms with Crippen LogP contribution in [0, 0.1) is 5.82 Å². The molecule has 0 bridgehead atoms. The summed E-state index contributed by atoms with van der Waals surface area (Å²) < 4.78 is 18.6. The van der Waals surface area contributed by atoms with Gasteiger partial charge in [-0.1, -0.05) is 12.1 Å². The van der Waals surface area contributed by atoms with Crippen LogP contribution in [0.5, 0.6) is 0 Å². The van der Waals surface area contributed by atoms with E-state index in [1.54, 1.807) is 12.1 Å². The van der Waals surface area contributed by atoms with Crippen molar-refractivity contribution in [1.29, 1.82) is 0 Å². The quantitative estimate of drug-likeness (QED) is 0.784. The molecule has 0 heterocycles. The van der Waals surface area contributed by atoms with Gasteiger partial charge in [-0.25, -0.2) is 4.39 Å². The average Bonchev–Trinajstić information content (AvgIpc) is 2.25. The van der Waals surface area contributed by atoms with Crippen molar-refractivity contribution in [3.05, 3.63) is 35.6 Å². The predicted molar refractivity (Wildman–Crippen MR) is 71.3 cm³/mol. The molecule has 1 aromatic rings. The largest absolute Gasteiger partial charge is 0.377 e. The Labute approximate surface area is 109 Å². The lowest BCUT2D eigenvalue weighted by Gasteiger charge is -2.36. The molecule has 1 saturated carbocycles. The lowest BCUT2D eigenvalue weighted by Crippen LogP contribution is -2.41. The van der Waals surface area contributed by atoms with Gasteiger partial charge in [0.05, 0.1) is 12.7 Å². The maximum Gasteiger partial charge on any atom is 0.123 e. The molecule has 1 aliphatic carbocycles. The highest BCUT2D eigenvalue weighted by molar-refractivity contribution is 5.23. The Hall–Kier alpha value is -0.930. The monoisotopic (exact) mass is 251 g/mol. The van der Waals surface area contributed by atoms with Crippen molar-refractivity contribution >= 4 is 0 Å². The SMILES string of the molecule is CC(C)OCCNC1CC(c2cccc(F)c2)C1. The van der Waals surface area contributed by atoms with Crippen molar-refractivity contribution < 1.29 is 9.13 Å². The lowest BCUT2D eigenvalue weighted by atomic mass is 9.76. The Bertz CT molecular complexity index is 375. The van der Waals surface area contributed by atoms with Crippen LogP contribution in [-0.4, -0.2) is 25.3 Å². The zero-order valence-corrected chi connectivity index (χ0v) is 11.2. The van der Waals surface area contributed by atoms with Crippen molar-refractivity contribution in [2.75, 3.05) is 13.2 Å². The van der Waals surface area contributed by atoms with E-state index >= 15 is 0 Å². The third kappa shape index (κ3) is 3.79. The standard InChI is InChI=1S/C15H22FNO/c1-11(2)18-7-6-17-15-9-13(10-15)12-4-3-5-14(16)8-12/h3-5,8,11,13,15,17H,6-7,9-10H2,1-2H3. The van der Waals surface area contributed by atoms with E-state index in [1.807, 2.05) is 19.9 Å². The van der Waals surface area contributed by atoms with Crippen molar-refractivity contribution in [3.8, 4) is 0 Å². The maximum atomic E-state index is 13.1. The fourth-order valence-corrected chi connectivity index (χ4v) is 2.37. The molecule has 0 aromatic heterocycles. The minimum absolute atomic E-state index is 0.130. The number of nitrogens with one attached hydrogen (secondary N) is 1. The second kappa shape index (κ2) is 6.30. The second-order valence-corrected chi connectivity index (χ2v) is 5.29. The summed E-state index contributed by atoms with van der Waals surface area (Å²) in [6.07, 6.45) is 2.50. The van der Waals surface area contributed by atoms with E-state index in [1.165, 1.54) is 6.07 Å². The smallest absolute Gasteiger partial charge is 0.123 e. The molecule has 3 heteroatoms. The summed E-state index contributed by atoms with van der Waals surface area (Å²) >= 11 is 0. The summed E-state index contributed by atoms with van der Waals surface area (Å²) in [5.74, 6) is 0.387. The van der Waals surface area contributed by atoms with E-state index < -0.39 is 0 Å². The van der Waals surface area contributed by atoms with Gasteiger partial charge in [-0.05, 0) is 50.3 Å². The van der Waals surface area contributed by atoms with Gasteiger partial charge in [0.1, 0.15) is 5.82 Å². The molecule has 0 atom stereocenters. The number of ether oxygens (including phenoxy) is 1. The van der Waals surface area contributed by atoms with Gasteiger partial charge < -0.3 is 10.1 Å². The Morgan fingerprint density at radius 1 is 1.39 bits per heavy atom. The van der Waals surface area contributed by atoms with Crippen molar-refractivity contribution in [3.63, 3.8) is 0 Å². The number of benzene rings is 1. The molecule has 1 N–H and O–H groups in total. The lowest BCUT2D eigenvalue weighted by molar-refractivity contribution is 0.0767. The summed E-state index contributed by atoms with van der Waals surface area (Å²) in [6, 6.07) is 7.53.